The van der Waals surface area contributed by atoms with E-state index in [0.29, 0.717) is 28.6 Å². The fourth-order valence-electron chi connectivity index (χ4n) is 4.24. The molecule has 1 aromatic heterocycles. The van der Waals surface area contributed by atoms with Crippen molar-refractivity contribution in [2.24, 2.45) is 5.92 Å². The number of nitrogens with zero attached hydrogens (tertiary/aromatic N) is 1. The number of fused-ring (bicyclic) bond motifs is 1. The molecule has 34 heavy (non-hydrogen) atoms. The summed E-state index contributed by atoms with van der Waals surface area (Å²) in [7, 11) is 0. The monoisotopic (exact) mass is 496 g/mol. The number of carbonyl (C=O) groups excluding carboxylic acids is 2. The number of carbonyl (C=O) groups is 2. The SMILES string of the molecule is CCOC(=O)c1c(NC(=O)[C@H](C)Cc2ccc(Cl)cc2)sc2c1CCN(Cc1ccccc1)C2. The number of amides is 1. The van der Waals surface area contributed by atoms with Gasteiger partial charge in [0.15, 0.2) is 0 Å². The molecule has 0 fully saturated rings. The fraction of sp³-hybridized carbons (Fsp3) is 0.333. The highest BCUT2D eigenvalue weighted by Gasteiger charge is 2.30. The van der Waals surface area contributed by atoms with Crippen LogP contribution >= 0.6 is 22.9 Å². The van der Waals surface area contributed by atoms with Crippen molar-refractivity contribution in [3.63, 3.8) is 0 Å². The van der Waals surface area contributed by atoms with Gasteiger partial charge in [0.05, 0.1) is 12.2 Å². The van der Waals surface area contributed by atoms with Crippen LogP contribution in [0.25, 0.3) is 0 Å². The highest BCUT2D eigenvalue weighted by Crippen LogP contribution is 2.38. The van der Waals surface area contributed by atoms with Gasteiger partial charge in [0, 0.05) is 35.5 Å². The molecule has 2 heterocycles. The number of hydrogen-bond donors (Lipinski definition) is 1. The van der Waals surface area contributed by atoms with Gasteiger partial charge < -0.3 is 10.1 Å². The van der Waals surface area contributed by atoms with E-state index in [1.165, 1.54) is 16.9 Å². The van der Waals surface area contributed by atoms with E-state index >= 15 is 0 Å². The Morgan fingerprint density at radius 2 is 1.85 bits per heavy atom. The lowest BCUT2D eigenvalue weighted by Crippen LogP contribution is -2.30. The predicted molar refractivity (Wildman–Crippen MR) is 137 cm³/mol. The maximum atomic E-state index is 13.0. The summed E-state index contributed by atoms with van der Waals surface area (Å²) in [5, 5.41) is 4.30. The molecule has 7 heteroatoms. The maximum absolute atomic E-state index is 13.0. The van der Waals surface area contributed by atoms with Crippen molar-refractivity contribution >= 4 is 39.8 Å². The summed E-state index contributed by atoms with van der Waals surface area (Å²) in [6, 6.07) is 17.9. The highest BCUT2D eigenvalue weighted by molar-refractivity contribution is 7.17. The van der Waals surface area contributed by atoms with Crippen LogP contribution in [-0.2, 0) is 35.5 Å². The molecular weight excluding hydrogens is 468 g/mol. The number of thiophene rings is 1. The first-order valence-electron chi connectivity index (χ1n) is 11.6. The maximum Gasteiger partial charge on any atom is 0.341 e. The lowest BCUT2D eigenvalue weighted by atomic mass is 10.00. The molecule has 1 amide bonds. The Labute approximate surface area is 209 Å². The molecule has 1 N–H and O–H groups in total. The van der Waals surface area contributed by atoms with Gasteiger partial charge in [0.1, 0.15) is 5.00 Å². The van der Waals surface area contributed by atoms with Crippen molar-refractivity contribution < 1.29 is 14.3 Å². The molecule has 1 atom stereocenters. The number of ether oxygens (including phenoxy) is 1. The number of anilines is 1. The minimum atomic E-state index is -0.364. The van der Waals surface area contributed by atoms with E-state index in [1.807, 2.05) is 49.4 Å². The third kappa shape index (κ3) is 5.87. The zero-order valence-corrected chi connectivity index (χ0v) is 21.0. The number of halogens is 1. The molecule has 0 saturated carbocycles. The smallest absolute Gasteiger partial charge is 0.341 e. The van der Waals surface area contributed by atoms with Gasteiger partial charge in [-0.15, -0.1) is 11.3 Å². The van der Waals surface area contributed by atoms with Crippen molar-refractivity contribution in [3.05, 3.63) is 86.8 Å². The zero-order chi connectivity index (χ0) is 24.1. The molecule has 4 rings (SSSR count). The second-order valence-corrected chi connectivity index (χ2v) is 10.1. The van der Waals surface area contributed by atoms with Crippen LogP contribution in [0.15, 0.2) is 54.6 Å². The average molecular weight is 497 g/mol. The number of benzene rings is 2. The number of nitrogens with one attached hydrogen (secondary N) is 1. The molecule has 2 aromatic carbocycles. The van der Waals surface area contributed by atoms with E-state index in [1.54, 1.807) is 6.92 Å². The van der Waals surface area contributed by atoms with Gasteiger partial charge in [-0.05, 0) is 48.6 Å². The number of rotatable bonds is 8. The molecule has 0 radical (unpaired) electrons. The Kier molecular flexibility index (Phi) is 8.03. The summed E-state index contributed by atoms with van der Waals surface area (Å²) < 4.78 is 5.35. The Morgan fingerprint density at radius 1 is 1.12 bits per heavy atom. The number of hydrogen-bond acceptors (Lipinski definition) is 5. The summed E-state index contributed by atoms with van der Waals surface area (Å²) in [6.45, 7) is 6.44. The van der Waals surface area contributed by atoms with Crippen molar-refractivity contribution in [2.75, 3.05) is 18.5 Å². The molecule has 0 aliphatic carbocycles. The predicted octanol–water partition coefficient (Wildman–Crippen LogP) is 5.95. The average Bonchev–Trinajstić information content (AvgIpc) is 3.18. The van der Waals surface area contributed by atoms with Gasteiger partial charge in [-0.25, -0.2) is 4.79 Å². The summed E-state index contributed by atoms with van der Waals surface area (Å²) in [6.07, 6.45) is 1.34. The van der Waals surface area contributed by atoms with Crippen molar-refractivity contribution in [1.82, 2.24) is 4.90 Å². The van der Waals surface area contributed by atoms with Crippen LogP contribution in [0.3, 0.4) is 0 Å². The lowest BCUT2D eigenvalue weighted by Gasteiger charge is -2.27. The van der Waals surface area contributed by atoms with Crippen LogP contribution in [0.4, 0.5) is 5.00 Å². The van der Waals surface area contributed by atoms with Gasteiger partial charge in [-0.1, -0.05) is 61.0 Å². The van der Waals surface area contributed by atoms with Crippen LogP contribution in [0.5, 0.6) is 0 Å². The summed E-state index contributed by atoms with van der Waals surface area (Å²) >= 11 is 7.46. The van der Waals surface area contributed by atoms with Gasteiger partial charge in [0.25, 0.3) is 0 Å². The molecule has 0 spiro atoms. The third-order valence-corrected chi connectivity index (χ3v) is 7.39. The van der Waals surface area contributed by atoms with Gasteiger partial charge in [0.2, 0.25) is 5.91 Å². The van der Waals surface area contributed by atoms with Crippen LogP contribution in [0.1, 0.15) is 45.8 Å². The largest absolute Gasteiger partial charge is 0.462 e. The van der Waals surface area contributed by atoms with Crippen LogP contribution < -0.4 is 5.32 Å². The van der Waals surface area contributed by atoms with Gasteiger partial charge >= 0.3 is 5.97 Å². The van der Waals surface area contributed by atoms with E-state index in [9.17, 15) is 9.59 Å². The van der Waals surface area contributed by atoms with E-state index in [0.717, 1.165) is 42.1 Å². The molecule has 0 saturated heterocycles. The molecule has 1 aliphatic rings. The Bertz CT molecular complexity index is 1140. The summed E-state index contributed by atoms with van der Waals surface area (Å²) in [4.78, 5) is 29.4. The third-order valence-electron chi connectivity index (χ3n) is 6.00. The molecule has 178 valence electrons. The minimum absolute atomic E-state index is 0.111. The van der Waals surface area contributed by atoms with Crippen LogP contribution in [0, 0.1) is 5.92 Å². The molecule has 3 aromatic rings. The van der Waals surface area contributed by atoms with Crippen LogP contribution in [-0.4, -0.2) is 29.9 Å². The topological polar surface area (TPSA) is 58.6 Å². The van der Waals surface area contributed by atoms with E-state index in [2.05, 4.69) is 22.3 Å². The minimum Gasteiger partial charge on any atom is -0.462 e. The first kappa shape index (κ1) is 24.5. The van der Waals surface area contributed by atoms with Gasteiger partial charge in [-0.2, -0.15) is 0 Å². The standard InChI is InChI=1S/C27H29ClN2O3S/c1-3-33-27(32)24-22-13-14-30(16-20-7-5-4-6-8-20)17-23(22)34-26(24)29-25(31)18(2)15-19-9-11-21(28)12-10-19/h4-12,18H,3,13-17H2,1-2H3,(H,29,31)/t18-/m1/s1. The Balaban J connectivity index is 1.51. The molecular formula is C27H29ClN2O3S. The summed E-state index contributed by atoms with van der Waals surface area (Å²) in [5.74, 6) is -0.734. The first-order valence-corrected chi connectivity index (χ1v) is 12.8. The van der Waals surface area contributed by atoms with Crippen molar-refractivity contribution in [2.45, 2.75) is 39.8 Å². The number of esters is 1. The summed E-state index contributed by atoms with van der Waals surface area (Å²) in [5.41, 5.74) is 3.83. The molecule has 0 bridgehead atoms. The quantitative estimate of drug-likeness (QED) is 0.391. The normalized spacial score (nSPS) is 14.3. The van der Waals surface area contributed by atoms with E-state index in [-0.39, 0.29) is 17.8 Å². The molecule has 1 aliphatic heterocycles. The Hall–Kier alpha value is -2.67. The fourth-order valence-corrected chi connectivity index (χ4v) is 5.65. The second kappa shape index (κ2) is 11.2. The zero-order valence-electron chi connectivity index (χ0n) is 19.5. The highest BCUT2D eigenvalue weighted by atomic mass is 35.5. The Morgan fingerprint density at radius 3 is 2.56 bits per heavy atom. The van der Waals surface area contributed by atoms with Crippen LogP contribution in [0.2, 0.25) is 5.02 Å². The molecule has 5 nitrogen and oxygen atoms in total. The second-order valence-electron chi connectivity index (χ2n) is 8.60. The molecule has 0 unspecified atom stereocenters. The lowest BCUT2D eigenvalue weighted by molar-refractivity contribution is -0.119. The van der Waals surface area contributed by atoms with Gasteiger partial charge in [-0.3, -0.25) is 9.69 Å². The van der Waals surface area contributed by atoms with Crippen molar-refractivity contribution in [1.29, 1.82) is 0 Å². The van der Waals surface area contributed by atoms with E-state index < -0.39 is 0 Å². The van der Waals surface area contributed by atoms with Crippen molar-refractivity contribution in [3.8, 4) is 0 Å². The van der Waals surface area contributed by atoms with E-state index in [4.69, 9.17) is 16.3 Å². The first-order chi connectivity index (χ1) is 16.4.